The van der Waals surface area contributed by atoms with Crippen LogP contribution in [0.25, 0.3) is 0 Å². The molecule has 0 aliphatic rings. The highest BCUT2D eigenvalue weighted by Crippen LogP contribution is 2.15. The first-order valence-electron chi connectivity index (χ1n) is 10.7. The molecule has 0 aromatic heterocycles. The molecule has 0 amide bonds. The van der Waals surface area contributed by atoms with E-state index in [2.05, 4.69) is 34.4 Å². The molecule has 6 heteroatoms. The third-order valence-electron chi connectivity index (χ3n) is 4.75. The van der Waals surface area contributed by atoms with Crippen molar-refractivity contribution in [2.24, 2.45) is 0 Å². The molecule has 1 nitrogen and oxygen atoms in total. The Bertz CT molecular complexity index is 296. The largest absolute Gasteiger partial charge is 1.00 e. The molecule has 164 valence electrons. The summed E-state index contributed by atoms with van der Waals surface area (Å²) in [5.74, 6) is 0. The van der Waals surface area contributed by atoms with Crippen molar-refractivity contribution in [3.05, 3.63) is 12.2 Å². The molecule has 0 saturated carbocycles. The van der Waals surface area contributed by atoms with Crippen molar-refractivity contribution in [1.29, 1.82) is 0 Å². The van der Waals surface area contributed by atoms with E-state index in [-0.39, 0.29) is 4.70 Å². The van der Waals surface area contributed by atoms with Crippen LogP contribution in [0.5, 0.6) is 0 Å². The molecular formula is C21H44BF4N. The fourth-order valence-corrected chi connectivity index (χ4v) is 3.47. The second-order valence-corrected chi connectivity index (χ2v) is 7.96. The predicted molar refractivity (Wildman–Crippen MR) is 111 cm³/mol. The summed E-state index contributed by atoms with van der Waals surface area (Å²) < 4.78 is 30.2. The van der Waals surface area contributed by atoms with Gasteiger partial charge in [0.1, 0.15) is 0 Å². The van der Waals surface area contributed by atoms with Crippen molar-refractivity contribution < 1.29 is 22.1 Å². The zero-order chi connectivity index (χ0) is 20.3. The average Bonchev–Trinajstić information content (AvgIpc) is 2.53. The first kappa shape index (κ1) is 31.2. The zero-order valence-corrected chi connectivity index (χ0v) is 18.4. The molecule has 0 aromatic carbocycles. The Kier molecular flexibility index (Phi) is 25.2. The maximum absolute atomic E-state index is 9.67. The normalized spacial score (nSPS) is 10.6. The fourth-order valence-electron chi connectivity index (χ4n) is 3.47. The summed E-state index contributed by atoms with van der Waals surface area (Å²) in [5.41, 5.74) is 1.35. The molecule has 0 saturated heterocycles. The number of quaternary nitrogens is 1. The fraction of sp³-hybridized carbons (Fsp3) is 0.905. The van der Waals surface area contributed by atoms with Gasteiger partial charge >= 0.3 is 7.54 Å². The van der Waals surface area contributed by atoms with Crippen LogP contribution in [0.3, 0.4) is 0 Å². The molecule has 0 fully saturated rings. The van der Waals surface area contributed by atoms with Crippen LogP contribution in [0.2, 0.25) is 0 Å². The molecule has 0 atom stereocenters. The molecular weight excluding hydrogens is 353 g/mol. The lowest BCUT2D eigenvalue weighted by molar-refractivity contribution is -0.905. The Balaban J connectivity index is -0.00000104. The third kappa shape index (κ3) is 27.8. The van der Waals surface area contributed by atoms with Gasteiger partial charge in [-0.05, 0) is 38.2 Å². The average molecular weight is 397 g/mol. The van der Waals surface area contributed by atoms with Gasteiger partial charge in [-0.2, -0.15) is 0 Å². The van der Waals surface area contributed by atoms with Gasteiger partial charge in [0.15, 0.2) is 0 Å². The summed E-state index contributed by atoms with van der Waals surface area (Å²) in [7, 11) is -1.22. The molecule has 0 heterocycles. The highest BCUT2D eigenvalue weighted by Gasteiger charge is 2.20. The van der Waals surface area contributed by atoms with Crippen LogP contribution in [-0.4, -0.2) is 38.7 Å². The quantitative estimate of drug-likeness (QED) is 0.117. The second-order valence-electron chi connectivity index (χ2n) is 7.96. The van der Waals surface area contributed by atoms with Crippen LogP contribution in [0.4, 0.5) is 12.9 Å². The molecule has 0 aliphatic carbocycles. The highest BCUT2D eigenvalue weighted by molar-refractivity contribution is 6.33. The summed E-state index contributed by atoms with van der Waals surface area (Å²) in [6.45, 7) is 14.8. The molecule has 0 bridgehead atoms. The summed E-state index contributed by atoms with van der Waals surface area (Å²) in [5, 5.41) is 0. The van der Waals surface area contributed by atoms with Gasteiger partial charge in [-0.3, -0.25) is 12.9 Å². The number of likely N-dealkylation sites (N-methyl/N-ethyl adjacent to an activating group) is 1. The van der Waals surface area contributed by atoms with E-state index in [0.29, 0.717) is 0 Å². The van der Waals surface area contributed by atoms with Crippen LogP contribution in [0.15, 0.2) is 12.2 Å². The molecule has 0 aromatic rings. The summed E-state index contributed by atoms with van der Waals surface area (Å²) in [6, 6.07) is 0. The molecule has 0 rings (SSSR count). The maximum Gasteiger partial charge on any atom is 0.762 e. The third-order valence-corrected chi connectivity index (χ3v) is 4.75. The van der Waals surface area contributed by atoms with Crippen molar-refractivity contribution in [2.45, 2.75) is 97.8 Å². The Morgan fingerprint density at radius 2 is 1.04 bits per heavy atom. The number of nitrogens with zero attached hydrogens (tertiary/aromatic N) is 1. The van der Waals surface area contributed by atoms with E-state index < -0.39 is 7.54 Å². The Morgan fingerprint density at radius 1 is 0.741 bits per heavy atom. The number of hydrogen-bond acceptors (Lipinski definition) is 0. The lowest BCUT2D eigenvalue weighted by Crippen LogP contribution is -3.00. The number of hydrogen-bond donors (Lipinski definition) is 0. The standard InChI is InChI=1S/C21H44N.BF3.FH/c1-6-8-10-12-14-16-18-22(5,20-21(3)4)19-17-15-13-11-9-7-2;2-1(3)4;/h3,6-20H2,1-2,4-5H3;;1H/q+1;;/p-1. The van der Waals surface area contributed by atoms with Crippen molar-refractivity contribution in [3.63, 3.8) is 0 Å². The van der Waals surface area contributed by atoms with E-state index in [1.54, 1.807) is 0 Å². The van der Waals surface area contributed by atoms with Gasteiger partial charge < -0.3 is 9.19 Å². The number of unbranched alkanes of at least 4 members (excludes halogenated alkanes) is 10. The van der Waals surface area contributed by atoms with Crippen molar-refractivity contribution in [1.82, 2.24) is 0 Å². The molecule has 0 radical (unpaired) electrons. The predicted octanol–water partition coefficient (Wildman–Crippen LogP) is 4.61. The minimum Gasteiger partial charge on any atom is -1.00 e. The van der Waals surface area contributed by atoms with Crippen LogP contribution in [0.1, 0.15) is 97.8 Å². The van der Waals surface area contributed by atoms with E-state index in [1.807, 2.05) is 0 Å². The van der Waals surface area contributed by atoms with Gasteiger partial charge in [0, 0.05) is 0 Å². The van der Waals surface area contributed by atoms with E-state index in [1.165, 1.54) is 107 Å². The first-order chi connectivity index (χ1) is 12.3. The van der Waals surface area contributed by atoms with E-state index in [4.69, 9.17) is 0 Å². The van der Waals surface area contributed by atoms with Gasteiger partial charge in [-0.15, -0.1) is 0 Å². The molecule has 0 unspecified atom stereocenters. The van der Waals surface area contributed by atoms with Crippen molar-refractivity contribution in [2.75, 3.05) is 26.7 Å². The minimum atomic E-state index is -3.67. The molecule has 0 aliphatic heterocycles. The van der Waals surface area contributed by atoms with Gasteiger partial charge in [0.25, 0.3) is 0 Å². The van der Waals surface area contributed by atoms with Crippen molar-refractivity contribution >= 4 is 7.54 Å². The number of rotatable bonds is 16. The van der Waals surface area contributed by atoms with Gasteiger partial charge in [-0.1, -0.05) is 71.8 Å². The lowest BCUT2D eigenvalue weighted by Gasteiger charge is -2.35. The topological polar surface area (TPSA) is 0 Å². The second kappa shape index (κ2) is 21.8. The number of halogens is 4. The van der Waals surface area contributed by atoms with Gasteiger partial charge in [0.2, 0.25) is 0 Å². The van der Waals surface area contributed by atoms with Crippen LogP contribution in [0, 0.1) is 0 Å². The monoisotopic (exact) mass is 397 g/mol. The summed E-state index contributed by atoms with van der Waals surface area (Å²) >= 11 is 0. The minimum absolute atomic E-state index is 0. The van der Waals surface area contributed by atoms with E-state index >= 15 is 0 Å². The first-order valence-corrected chi connectivity index (χ1v) is 10.7. The maximum atomic E-state index is 9.67. The summed E-state index contributed by atoms with van der Waals surface area (Å²) in [6.07, 6.45) is 16.9. The van der Waals surface area contributed by atoms with E-state index in [9.17, 15) is 12.9 Å². The van der Waals surface area contributed by atoms with Crippen LogP contribution < -0.4 is 4.70 Å². The Hall–Kier alpha value is -0.515. The Labute approximate surface area is 167 Å². The van der Waals surface area contributed by atoms with Crippen molar-refractivity contribution in [3.8, 4) is 0 Å². The zero-order valence-electron chi connectivity index (χ0n) is 18.4. The summed E-state index contributed by atoms with van der Waals surface area (Å²) in [4.78, 5) is 0. The van der Waals surface area contributed by atoms with Gasteiger partial charge in [-0.25, -0.2) is 0 Å². The molecule has 0 spiro atoms. The molecule has 0 N–H and O–H groups in total. The smallest absolute Gasteiger partial charge is 0.762 e. The Morgan fingerprint density at radius 3 is 1.33 bits per heavy atom. The van der Waals surface area contributed by atoms with Crippen LogP contribution >= 0.6 is 0 Å². The SMILES string of the molecule is C=C(C)C[N+](C)(CCCCCCCC)CCCCCCCC.FB(F)F.[F-]. The van der Waals surface area contributed by atoms with E-state index in [0.717, 1.165) is 0 Å². The highest BCUT2D eigenvalue weighted by atomic mass is 19.4. The van der Waals surface area contributed by atoms with Gasteiger partial charge in [0.05, 0.1) is 26.7 Å². The van der Waals surface area contributed by atoms with Crippen LogP contribution in [-0.2, 0) is 0 Å². The lowest BCUT2D eigenvalue weighted by atomic mass is 10.1. The molecule has 27 heavy (non-hydrogen) atoms.